The van der Waals surface area contributed by atoms with E-state index in [0.29, 0.717) is 44.3 Å². The summed E-state index contributed by atoms with van der Waals surface area (Å²) in [7, 11) is 0. The van der Waals surface area contributed by atoms with Crippen LogP contribution in [-0.4, -0.2) is 46.8 Å². The SMILES string of the molecule is CC1CN=C(Nc2cccc(C(=O)Nc3ccc4c(c3)C(=O)N(C(CC(=O)O)c3cc(Cl)cc(Cl)c3)C4)c2)NC1.Cl. The lowest BCUT2D eigenvalue weighted by atomic mass is 10.0. The van der Waals surface area contributed by atoms with E-state index in [9.17, 15) is 19.5 Å². The van der Waals surface area contributed by atoms with Gasteiger partial charge in [-0.3, -0.25) is 19.4 Å². The Labute approximate surface area is 253 Å². The van der Waals surface area contributed by atoms with Gasteiger partial charge in [0, 0.05) is 52.2 Å². The number of halogens is 3. The highest BCUT2D eigenvalue weighted by atomic mass is 35.5. The first-order chi connectivity index (χ1) is 19.2. The number of anilines is 2. The highest BCUT2D eigenvalue weighted by molar-refractivity contribution is 6.34. The third-order valence-electron chi connectivity index (χ3n) is 6.78. The average Bonchev–Trinajstić information content (AvgIpc) is 3.23. The molecule has 2 aliphatic rings. The van der Waals surface area contributed by atoms with Gasteiger partial charge >= 0.3 is 5.97 Å². The number of hydrogen-bond acceptors (Lipinski definition) is 6. The number of carbonyl (C=O) groups is 3. The van der Waals surface area contributed by atoms with Gasteiger partial charge in [0.1, 0.15) is 0 Å². The predicted molar refractivity (Wildman–Crippen MR) is 163 cm³/mol. The second kappa shape index (κ2) is 12.8. The summed E-state index contributed by atoms with van der Waals surface area (Å²) in [6.45, 7) is 3.89. The first kappa shape index (κ1) is 30.2. The van der Waals surface area contributed by atoms with Crippen molar-refractivity contribution in [1.82, 2.24) is 10.2 Å². The maximum Gasteiger partial charge on any atom is 0.305 e. The minimum absolute atomic E-state index is 0. The zero-order valence-corrected chi connectivity index (χ0v) is 24.3. The van der Waals surface area contributed by atoms with Crippen LogP contribution in [0.3, 0.4) is 0 Å². The van der Waals surface area contributed by atoms with Gasteiger partial charge in [0.05, 0.1) is 12.5 Å². The van der Waals surface area contributed by atoms with Crippen molar-refractivity contribution in [2.75, 3.05) is 23.7 Å². The molecule has 0 radical (unpaired) electrons. The fourth-order valence-corrected chi connectivity index (χ4v) is 5.34. The summed E-state index contributed by atoms with van der Waals surface area (Å²) in [6.07, 6.45) is -0.314. The van der Waals surface area contributed by atoms with Crippen molar-refractivity contribution in [3.8, 4) is 0 Å². The molecule has 0 aromatic heterocycles. The zero-order valence-electron chi connectivity index (χ0n) is 22.0. The van der Waals surface area contributed by atoms with Crippen LogP contribution in [0.4, 0.5) is 11.4 Å². The Bertz CT molecular complexity index is 1510. The van der Waals surface area contributed by atoms with Crippen LogP contribution in [0.5, 0.6) is 0 Å². The quantitative estimate of drug-likeness (QED) is 0.264. The number of nitrogens with one attached hydrogen (secondary N) is 3. The van der Waals surface area contributed by atoms with E-state index in [1.807, 2.05) is 6.07 Å². The van der Waals surface area contributed by atoms with E-state index in [2.05, 4.69) is 27.9 Å². The number of hydrogen-bond donors (Lipinski definition) is 4. The molecule has 0 bridgehead atoms. The zero-order chi connectivity index (χ0) is 28.4. The molecule has 4 N–H and O–H groups in total. The summed E-state index contributed by atoms with van der Waals surface area (Å²) >= 11 is 12.3. The molecule has 3 aromatic carbocycles. The number of amides is 2. The first-order valence-corrected chi connectivity index (χ1v) is 13.5. The number of carbonyl (C=O) groups excluding carboxylic acids is 2. The molecule has 2 aliphatic heterocycles. The van der Waals surface area contributed by atoms with E-state index in [0.717, 1.165) is 24.3 Å². The number of fused-ring (bicyclic) bond motifs is 1. The molecule has 2 unspecified atom stereocenters. The Kier molecular flexibility index (Phi) is 9.42. The van der Waals surface area contributed by atoms with Crippen LogP contribution >= 0.6 is 35.6 Å². The molecule has 0 spiro atoms. The Morgan fingerprint density at radius 2 is 1.85 bits per heavy atom. The molecule has 5 rings (SSSR count). The van der Waals surface area contributed by atoms with E-state index in [4.69, 9.17) is 23.2 Å². The second-order valence-electron chi connectivity index (χ2n) is 9.96. The largest absolute Gasteiger partial charge is 0.481 e. The second-order valence-corrected chi connectivity index (χ2v) is 10.8. The minimum atomic E-state index is -1.06. The Balaban J connectivity index is 0.00000387. The molecule has 2 heterocycles. The molecular formula is C29H28Cl3N5O4. The number of aliphatic carboxylic acids is 1. The normalized spacial score (nSPS) is 16.6. The van der Waals surface area contributed by atoms with Crippen LogP contribution in [0.15, 0.2) is 65.7 Å². The fraction of sp³-hybridized carbons (Fsp3) is 0.241. The van der Waals surface area contributed by atoms with Crippen molar-refractivity contribution in [2.24, 2.45) is 10.9 Å². The number of aliphatic imine (C=N–C) groups is 1. The van der Waals surface area contributed by atoms with Crippen molar-refractivity contribution in [3.05, 3.63) is 93.0 Å². The number of rotatable bonds is 7. The van der Waals surface area contributed by atoms with E-state index in [1.165, 1.54) is 4.90 Å². The van der Waals surface area contributed by atoms with Gasteiger partial charge in [-0.2, -0.15) is 0 Å². The van der Waals surface area contributed by atoms with Crippen molar-refractivity contribution in [3.63, 3.8) is 0 Å². The average molecular weight is 617 g/mol. The molecule has 3 aromatic rings. The Morgan fingerprint density at radius 3 is 2.54 bits per heavy atom. The highest BCUT2D eigenvalue weighted by Gasteiger charge is 2.35. The number of guanidine groups is 1. The van der Waals surface area contributed by atoms with Crippen LogP contribution in [0.25, 0.3) is 0 Å². The van der Waals surface area contributed by atoms with Crippen LogP contribution in [0, 0.1) is 5.92 Å². The van der Waals surface area contributed by atoms with Gasteiger partial charge in [-0.25, -0.2) is 0 Å². The van der Waals surface area contributed by atoms with Gasteiger partial charge < -0.3 is 26.0 Å². The van der Waals surface area contributed by atoms with Gasteiger partial charge in [-0.1, -0.05) is 42.3 Å². The van der Waals surface area contributed by atoms with Crippen molar-refractivity contribution in [1.29, 1.82) is 0 Å². The molecule has 0 saturated heterocycles. The summed E-state index contributed by atoms with van der Waals surface area (Å²) in [5, 5.41) is 19.5. The molecule has 41 heavy (non-hydrogen) atoms. The molecule has 0 saturated carbocycles. The maximum absolute atomic E-state index is 13.5. The van der Waals surface area contributed by atoms with Crippen LogP contribution in [0.2, 0.25) is 10.0 Å². The third-order valence-corrected chi connectivity index (χ3v) is 7.22. The lowest BCUT2D eigenvalue weighted by molar-refractivity contribution is -0.138. The molecule has 214 valence electrons. The smallest absolute Gasteiger partial charge is 0.305 e. The number of nitrogens with zero attached hydrogens (tertiary/aromatic N) is 2. The third kappa shape index (κ3) is 7.11. The molecule has 9 nitrogen and oxygen atoms in total. The molecule has 0 aliphatic carbocycles. The van der Waals surface area contributed by atoms with E-state index in [-0.39, 0.29) is 37.2 Å². The van der Waals surface area contributed by atoms with Crippen molar-refractivity contribution in [2.45, 2.75) is 25.9 Å². The summed E-state index contributed by atoms with van der Waals surface area (Å²) in [5.74, 6) is -0.605. The lowest BCUT2D eigenvalue weighted by Crippen LogP contribution is -2.39. The van der Waals surface area contributed by atoms with Gasteiger partial charge in [0.25, 0.3) is 11.8 Å². The van der Waals surface area contributed by atoms with E-state index >= 15 is 0 Å². The minimum Gasteiger partial charge on any atom is -0.481 e. The Morgan fingerprint density at radius 1 is 1.10 bits per heavy atom. The number of benzene rings is 3. The monoisotopic (exact) mass is 615 g/mol. The number of carboxylic acid groups (broad SMARTS) is 1. The van der Waals surface area contributed by atoms with Crippen LogP contribution in [-0.2, 0) is 11.3 Å². The molecule has 12 heteroatoms. The lowest BCUT2D eigenvalue weighted by Gasteiger charge is -2.27. The van der Waals surface area contributed by atoms with Gasteiger partial charge in [0.2, 0.25) is 0 Å². The molecule has 2 atom stereocenters. The Hall–Kier alpha value is -3.79. The van der Waals surface area contributed by atoms with Crippen LogP contribution in [0.1, 0.15) is 51.2 Å². The van der Waals surface area contributed by atoms with Gasteiger partial charge in [-0.05, 0) is 65.6 Å². The topological polar surface area (TPSA) is 123 Å². The molecule has 0 fully saturated rings. The summed E-state index contributed by atoms with van der Waals surface area (Å²) in [5.41, 5.74) is 3.26. The standard InChI is InChI=1S/C29H27Cl2N5O4.ClH/c1-16-13-32-29(33-14-16)35-22-4-2-3-17(9-22)27(39)34-23-6-5-18-15-36(28(40)24(18)11-23)25(12-26(37)38)19-7-20(30)10-21(31)8-19;/h2-11,16,25H,12-15H2,1H3,(H,34,39)(H,37,38)(H2,32,33,35);1H. The maximum atomic E-state index is 13.5. The van der Waals surface area contributed by atoms with Gasteiger partial charge in [-0.15, -0.1) is 12.4 Å². The van der Waals surface area contributed by atoms with Crippen molar-refractivity contribution >= 4 is 70.7 Å². The predicted octanol–water partition coefficient (Wildman–Crippen LogP) is 5.85. The highest BCUT2D eigenvalue weighted by Crippen LogP contribution is 2.36. The van der Waals surface area contributed by atoms with Crippen LogP contribution < -0.4 is 16.0 Å². The van der Waals surface area contributed by atoms with E-state index < -0.39 is 12.0 Å². The molecule has 2 amide bonds. The fourth-order valence-electron chi connectivity index (χ4n) is 4.79. The molecular weight excluding hydrogens is 589 g/mol. The summed E-state index contributed by atoms with van der Waals surface area (Å²) < 4.78 is 0. The number of carboxylic acids is 1. The van der Waals surface area contributed by atoms with E-state index in [1.54, 1.807) is 54.6 Å². The van der Waals surface area contributed by atoms with Crippen molar-refractivity contribution < 1.29 is 19.5 Å². The van der Waals surface area contributed by atoms with Gasteiger partial charge in [0.15, 0.2) is 5.96 Å². The summed E-state index contributed by atoms with van der Waals surface area (Å²) in [4.78, 5) is 44.1. The first-order valence-electron chi connectivity index (χ1n) is 12.7. The summed E-state index contributed by atoms with van der Waals surface area (Å²) in [6, 6.07) is 16.2.